The van der Waals surface area contributed by atoms with Crippen molar-refractivity contribution in [2.45, 2.75) is 19.9 Å². The fourth-order valence-electron chi connectivity index (χ4n) is 2.97. The van der Waals surface area contributed by atoms with E-state index >= 15 is 0 Å². The van der Waals surface area contributed by atoms with Crippen LogP contribution in [0.2, 0.25) is 0 Å². The highest BCUT2D eigenvalue weighted by atomic mass is 19.1. The highest BCUT2D eigenvalue weighted by molar-refractivity contribution is 5.94. The standard InChI is InChI=1S/C19H22FN3O2/c1-3-21-19(24)23-9-8-14-5-6-15(11-17(14)23)22-12-13-4-7-18(25-2)16(20)10-13/h4-7,10-11,22H,3,8-9,12H2,1-2H3,(H,21,24). The Morgan fingerprint density at radius 1 is 1.28 bits per heavy atom. The molecule has 0 aromatic heterocycles. The number of methoxy groups -OCH3 is 1. The Balaban J connectivity index is 1.71. The lowest BCUT2D eigenvalue weighted by Crippen LogP contribution is -2.38. The van der Waals surface area contributed by atoms with Crippen molar-refractivity contribution < 1.29 is 13.9 Å². The number of nitrogens with zero attached hydrogens (tertiary/aromatic N) is 1. The smallest absolute Gasteiger partial charge is 0.321 e. The predicted octanol–water partition coefficient (Wildman–Crippen LogP) is 3.54. The van der Waals surface area contributed by atoms with E-state index < -0.39 is 0 Å². The third kappa shape index (κ3) is 3.68. The van der Waals surface area contributed by atoms with E-state index in [2.05, 4.69) is 10.6 Å². The van der Waals surface area contributed by atoms with Gasteiger partial charge < -0.3 is 15.4 Å². The van der Waals surface area contributed by atoms with Crippen molar-refractivity contribution in [3.05, 3.63) is 53.3 Å². The molecule has 2 aromatic rings. The largest absolute Gasteiger partial charge is 0.494 e. The molecule has 0 fully saturated rings. The molecule has 0 saturated heterocycles. The maximum Gasteiger partial charge on any atom is 0.321 e. The van der Waals surface area contributed by atoms with Gasteiger partial charge in [0, 0.05) is 25.3 Å². The molecule has 25 heavy (non-hydrogen) atoms. The second-order valence-electron chi connectivity index (χ2n) is 5.90. The minimum absolute atomic E-state index is 0.0735. The average molecular weight is 343 g/mol. The number of benzene rings is 2. The van der Waals surface area contributed by atoms with Gasteiger partial charge in [-0.2, -0.15) is 0 Å². The molecule has 0 saturated carbocycles. The van der Waals surface area contributed by atoms with Gasteiger partial charge in [0.05, 0.1) is 12.8 Å². The van der Waals surface area contributed by atoms with E-state index in [1.54, 1.807) is 11.0 Å². The molecule has 3 rings (SSSR count). The van der Waals surface area contributed by atoms with Crippen molar-refractivity contribution in [2.24, 2.45) is 0 Å². The number of amides is 2. The van der Waals surface area contributed by atoms with Gasteiger partial charge in [-0.05, 0) is 48.7 Å². The lowest BCUT2D eigenvalue weighted by Gasteiger charge is -2.18. The monoisotopic (exact) mass is 343 g/mol. The summed E-state index contributed by atoms with van der Waals surface area (Å²) in [5, 5.41) is 6.12. The molecule has 2 amide bonds. The second-order valence-corrected chi connectivity index (χ2v) is 5.90. The highest BCUT2D eigenvalue weighted by Crippen LogP contribution is 2.31. The number of hydrogen-bond donors (Lipinski definition) is 2. The van der Waals surface area contributed by atoms with Gasteiger partial charge in [-0.15, -0.1) is 0 Å². The lowest BCUT2D eigenvalue weighted by molar-refractivity contribution is 0.247. The molecule has 6 heteroatoms. The van der Waals surface area contributed by atoms with Crippen molar-refractivity contribution in [1.29, 1.82) is 0 Å². The third-order valence-electron chi connectivity index (χ3n) is 4.27. The fraction of sp³-hybridized carbons (Fsp3) is 0.316. The Kier molecular flexibility index (Phi) is 5.07. The number of halogens is 1. The number of carbonyl (C=O) groups excluding carboxylic acids is 1. The number of anilines is 2. The molecule has 132 valence electrons. The van der Waals surface area contributed by atoms with Crippen molar-refractivity contribution >= 4 is 17.4 Å². The van der Waals surface area contributed by atoms with Crippen LogP contribution in [-0.2, 0) is 13.0 Å². The predicted molar refractivity (Wildman–Crippen MR) is 96.8 cm³/mol. The Bertz CT molecular complexity index is 779. The number of hydrogen-bond acceptors (Lipinski definition) is 3. The highest BCUT2D eigenvalue weighted by Gasteiger charge is 2.24. The van der Waals surface area contributed by atoms with Crippen LogP contribution in [0.25, 0.3) is 0 Å². The molecule has 0 bridgehead atoms. The van der Waals surface area contributed by atoms with Gasteiger partial charge in [-0.3, -0.25) is 4.90 Å². The summed E-state index contributed by atoms with van der Waals surface area (Å²) < 4.78 is 18.7. The van der Waals surface area contributed by atoms with Gasteiger partial charge in [0.15, 0.2) is 11.6 Å². The maximum absolute atomic E-state index is 13.8. The number of rotatable bonds is 5. The van der Waals surface area contributed by atoms with E-state index in [9.17, 15) is 9.18 Å². The van der Waals surface area contributed by atoms with Crippen molar-refractivity contribution in [1.82, 2.24) is 5.32 Å². The molecule has 1 aliphatic rings. The maximum atomic E-state index is 13.8. The van der Waals surface area contributed by atoms with Crippen LogP contribution in [0.4, 0.5) is 20.6 Å². The first-order valence-corrected chi connectivity index (χ1v) is 8.37. The summed E-state index contributed by atoms with van der Waals surface area (Å²) >= 11 is 0. The molecule has 0 spiro atoms. The van der Waals surface area contributed by atoms with E-state index in [4.69, 9.17) is 4.74 Å². The number of fused-ring (bicyclic) bond motifs is 1. The zero-order valence-electron chi connectivity index (χ0n) is 14.4. The van der Waals surface area contributed by atoms with Crippen LogP contribution < -0.4 is 20.3 Å². The zero-order chi connectivity index (χ0) is 17.8. The summed E-state index contributed by atoms with van der Waals surface area (Å²) in [6, 6.07) is 10.8. The summed E-state index contributed by atoms with van der Waals surface area (Å²) in [5.41, 5.74) is 3.80. The van der Waals surface area contributed by atoms with Gasteiger partial charge in [-0.25, -0.2) is 9.18 Å². The van der Waals surface area contributed by atoms with E-state index in [-0.39, 0.29) is 17.6 Å². The second kappa shape index (κ2) is 7.42. The van der Waals surface area contributed by atoms with E-state index in [1.165, 1.54) is 13.2 Å². The number of urea groups is 1. The molecule has 0 radical (unpaired) electrons. The Labute approximate surface area is 146 Å². The van der Waals surface area contributed by atoms with Crippen LogP contribution in [-0.4, -0.2) is 26.2 Å². The first kappa shape index (κ1) is 17.1. The van der Waals surface area contributed by atoms with Crippen LogP contribution in [0.3, 0.4) is 0 Å². The molecule has 2 aromatic carbocycles. The minimum atomic E-state index is -0.377. The summed E-state index contributed by atoms with van der Waals surface area (Å²) in [6.45, 7) is 3.68. The molecule has 1 aliphatic heterocycles. The van der Waals surface area contributed by atoms with Gasteiger partial charge in [0.25, 0.3) is 0 Å². The van der Waals surface area contributed by atoms with E-state index in [1.807, 2.05) is 31.2 Å². The van der Waals surface area contributed by atoms with Crippen LogP contribution in [0.1, 0.15) is 18.1 Å². The fourth-order valence-corrected chi connectivity index (χ4v) is 2.97. The van der Waals surface area contributed by atoms with E-state index in [0.717, 1.165) is 28.9 Å². The van der Waals surface area contributed by atoms with Crippen molar-refractivity contribution in [3.63, 3.8) is 0 Å². The number of nitrogens with one attached hydrogen (secondary N) is 2. The Morgan fingerprint density at radius 2 is 2.12 bits per heavy atom. The summed E-state index contributed by atoms with van der Waals surface area (Å²) in [6.07, 6.45) is 0.858. The molecule has 1 heterocycles. The molecule has 0 atom stereocenters. The third-order valence-corrected chi connectivity index (χ3v) is 4.27. The zero-order valence-corrected chi connectivity index (χ0v) is 14.4. The number of carbonyl (C=O) groups is 1. The first-order chi connectivity index (χ1) is 12.1. The van der Waals surface area contributed by atoms with Crippen LogP contribution in [0.15, 0.2) is 36.4 Å². The average Bonchev–Trinajstić information content (AvgIpc) is 3.03. The molecule has 0 unspecified atom stereocenters. The Hall–Kier alpha value is -2.76. The van der Waals surface area contributed by atoms with Crippen LogP contribution >= 0.6 is 0 Å². The van der Waals surface area contributed by atoms with Gasteiger partial charge >= 0.3 is 6.03 Å². The van der Waals surface area contributed by atoms with Crippen LogP contribution in [0, 0.1) is 5.82 Å². The van der Waals surface area contributed by atoms with Crippen molar-refractivity contribution in [2.75, 3.05) is 30.4 Å². The minimum Gasteiger partial charge on any atom is -0.494 e. The quantitative estimate of drug-likeness (QED) is 0.873. The number of ether oxygens (including phenoxy) is 1. The first-order valence-electron chi connectivity index (χ1n) is 8.37. The molecule has 0 aliphatic carbocycles. The van der Waals surface area contributed by atoms with Gasteiger partial charge in [-0.1, -0.05) is 12.1 Å². The topological polar surface area (TPSA) is 53.6 Å². The Morgan fingerprint density at radius 3 is 2.84 bits per heavy atom. The van der Waals surface area contributed by atoms with E-state index in [0.29, 0.717) is 19.6 Å². The summed E-state index contributed by atoms with van der Waals surface area (Å²) in [5.74, 6) is -0.142. The van der Waals surface area contributed by atoms with Crippen LogP contribution in [0.5, 0.6) is 5.75 Å². The summed E-state index contributed by atoms with van der Waals surface area (Å²) in [4.78, 5) is 13.9. The van der Waals surface area contributed by atoms with Gasteiger partial charge in [0.1, 0.15) is 0 Å². The molecule has 5 nitrogen and oxygen atoms in total. The molecular weight excluding hydrogens is 321 g/mol. The van der Waals surface area contributed by atoms with Gasteiger partial charge in [0.2, 0.25) is 0 Å². The lowest BCUT2D eigenvalue weighted by atomic mass is 10.1. The summed E-state index contributed by atoms with van der Waals surface area (Å²) in [7, 11) is 1.45. The molecule has 2 N–H and O–H groups in total. The SMILES string of the molecule is CCNC(=O)N1CCc2ccc(NCc3ccc(OC)c(F)c3)cc21. The molecular formula is C19H22FN3O2. The van der Waals surface area contributed by atoms with Crippen molar-refractivity contribution in [3.8, 4) is 5.75 Å². The normalized spacial score (nSPS) is 12.7.